The molecule has 8 rings (SSSR count). The van der Waals surface area contributed by atoms with E-state index in [9.17, 15) is 5.11 Å². The van der Waals surface area contributed by atoms with Gasteiger partial charge in [-0.25, -0.2) is 4.98 Å². The fraction of sp³-hybridized carbons (Fsp3) is 0.236. The second-order valence-corrected chi connectivity index (χ2v) is 18.6. The minimum absolute atomic E-state index is 0. The van der Waals surface area contributed by atoms with Crippen LogP contribution < -0.4 is 0 Å². The number of aromatic hydroxyl groups is 1. The molecule has 0 spiro atoms. The predicted octanol–water partition coefficient (Wildman–Crippen LogP) is 14.5. The molecule has 60 heavy (non-hydrogen) atoms. The van der Waals surface area contributed by atoms with E-state index in [0.29, 0.717) is 11.4 Å². The summed E-state index contributed by atoms with van der Waals surface area (Å²) < 4.78 is 2.25. The summed E-state index contributed by atoms with van der Waals surface area (Å²) >= 11 is 0. The first-order chi connectivity index (χ1) is 28.0. The van der Waals surface area contributed by atoms with Gasteiger partial charge in [0.25, 0.3) is 0 Å². The number of phenolic OH excluding ortho intramolecular Hbond substituents is 1. The number of rotatable bonds is 7. The molecule has 1 N–H and O–H groups in total. The van der Waals surface area contributed by atoms with Gasteiger partial charge in [0.05, 0.1) is 22.3 Å². The van der Waals surface area contributed by atoms with Crippen molar-refractivity contribution in [2.75, 3.05) is 0 Å². The maximum Gasteiger partial charge on any atom is 0.148 e. The van der Waals surface area contributed by atoms with Gasteiger partial charge in [-0.05, 0) is 93.8 Å². The van der Waals surface area contributed by atoms with Gasteiger partial charge in [-0.3, -0.25) is 9.55 Å². The van der Waals surface area contributed by atoms with Crippen LogP contribution in [0, 0.1) is 25.3 Å². The number of pyridine rings is 1. The van der Waals surface area contributed by atoms with Gasteiger partial charge in [-0.1, -0.05) is 158 Å². The first-order valence-corrected chi connectivity index (χ1v) is 20.6. The molecular formula is C55H54N3OPt-. The Balaban J connectivity index is 0.00000544. The molecule has 0 unspecified atom stereocenters. The summed E-state index contributed by atoms with van der Waals surface area (Å²) in [5, 5.41) is 11.8. The van der Waals surface area contributed by atoms with Crippen molar-refractivity contribution in [2.45, 2.75) is 80.1 Å². The van der Waals surface area contributed by atoms with E-state index in [4.69, 9.17) is 9.97 Å². The second kappa shape index (κ2) is 16.1. The summed E-state index contributed by atoms with van der Waals surface area (Å²) in [4.78, 5) is 10.4. The number of aryl methyl sites for hydroxylation is 2. The van der Waals surface area contributed by atoms with Gasteiger partial charge in [-0.2, -0.15) is 0 Å². The molecule has 2 aromatic heterocycles. The van der Waals surface area contributed by atoms with Crippen LogP contribution in [0.5, 0.6) is 5.75 Å². The molecule has 306 valence electrons. The van der Waals surface area contributed by atoms with E-state index in [1.54, 1.807) is 0 Å². The molecule has 0 bridgehead atoms. The van der Waals surface area contributed by atoms with Crippen LogP contribution in [0.1, 0.15) is 77.6 Å². The Kier molecular flexibility index (Phi) is 11.4. The quantitative estimate of drug-likeness (QED) is 0.162. The van der Waals surface area contributed by atoms with Crippen molar-refractivity contribution in [1.82, 2.24) is 14.5 Å². The third kappa shape index (κ3) is 7.91. The zero-order valence-corrected chi connectivity index (χ0v) is 38.7. The molecule has 0 amide bonds. The molecule has 8 aromatic rings. The number of hydrogen-bond donors (Lipinski definition) is 1. The summed E-state index contributed by atoms with van der Waals surface area (Å²) in [6.07, 6.45) is 1.89. The van der Waals surface area contributed by atoms with Crippen molar-refractivity contribution in [3.63, 3.8) is 0 Å². The first kappa shape index (κ1) is 42.5. The van der Waals surface area contributed by atoms with Crippen molar-refractivity contribution in [1.29, 1.82) is 0 Å². The predicted molar refractivity (Wildman–Crippen MR) is 247 cm³/mol. The van der Waals surface area contributed by atoms with Gasteiger partial charge >= 0.3 is 0 Å². The number of phenols is 1. The van der Waals surface area contributed by atoms with E-state index in [0.717, 1.165) is 72.5 Å². The minimum Gasteiger partial charge on any atom is -0.507 e. The Morgan fingerprint density at radius 2 is 1.25 bits per heavy atom. The molecule has 0 atom stereocenters. The van der Waals surface area contributed by atoms with Crippen molar-refractivity contribution in [2.24, 2.45) is 5.41 Å². The molecule has 6 aromatic carbocycles. The van der Waals surface area contributed by atoms with Crippen molar-refractivity contribution in [3.8, 4) is 67.5 Å². The summed E-state index contributed by atoms with van der Waals surface area (Å²) in [5.74, 6) is 0.912. The Bertz CT molecular complexity index is 2840. The normalized spacial score (nSPS) is 12.1. The molecule has 0 fully saturated rings. The molecular weight excluding hydrogens is 914 g/mol. The standard InChI is InChI=1S/C55H54N3O.Pt/c1-35-28-36(2)51(59)46(29-35)52-57-50-44(40-30-41(32-43(31-40)53(3,4)5)47-33-39(26-27-56-47)37-18-13-11-14-19-37)22-17-23-49(50)58(52)48-25-24-42(55(9,10)54(6,7)8)34-45(48)38-20-15-12-16-21-38;/h11-29,31-34,59H,1-10H3;/q-1;. The summed E-state index contributed by atoms with van der Waals surface area (Å²) in [7, 11) is 0. The van der Waals surface area contributed by atoms with Gasteiger partial charge in [0.15, 0.2) is 0 Å². The number of hydrogen-bond acceptors (Lipinski definition) is 3. The smallest absolute Gasteiger partial charge is 0.148 e. The average molecular weight is 968 g/mol. The van der Waals surface area contributed by atoms with Gasteiger partial charge < -0.3 is 5.11 Å². The summed E-state index contributed by atoms with van der Waals surface area (Å²) in [5.41, 5.74) is 15.7. The van der Waals surface area contributed by atoms with Gasteiger partial charge in [0.1, 0.15) is 11.6 Å². The maximum atomic E-state index is 11.8. The third-order valence-corrected chi connectivity index (χ3v) is 12.5. The van der Waals surface area contributed by atoms with E-state index in [1.165, 1.54) is 11.1 Å². The van der Waals surface area contributed by atoms with Crippen molar-refractivity contribution in [3.05, 3.63) is 168 Å². The van der Waals surface area contributed by atoms with Gasteiger partial charge in [-0.15, -0.1) is 29.3 Å². The van der Waals surface area contributed by atoms with Crippen LogP contribution in [0.25, 0.3) is 72.7 Å². The average Bonchev–Trinajstić information content (AvgIpc) is 3.61. The molecule has 0 saturated heterocycles. The molecule has 0 saturated carbocycles. The van der Waals surface area contributed by atoms with Crippen LogP contribution in [0.3, 0.4) is 0 Å². The molecule has 4 nitrogen and oxygen atoms in total. The van der Waals surface area contributed by atoms with Crippen molar-refractivity contribution >= 4 is 11.0 Å². The Morgan fingerprint density at radius 3 is 1.92 bits per heavy atom. The number of imidazole rings is 1. The number of nitrogens with zero attached hydrogens (tertiary/aromatic N) is 3. The van der Waals surface area contributed by atoms with E-state index < -0.39 is 0 Å². The van der Waals surface area contributed by atoms with Crippen LogP contribution in [0.15, 0.2) is 140 Å². The van der Waals surface area contributed by atoms with Crippen LogP contribution in [-0.4, -0.2) is 19.6 Å². The van der Waals surface area contributed by atoms with Crippen LogP contribution in [-0.2, 0) is 31.9 Å². The van der Waals surface area contributed by atoms with Gasteiger partial charge in [0.2, 0.25) is 0 Å². The molecule has 0 aliphatic heterocycles. The van der Waals surface area contributed by atoms with Crippen LogP contribution in [0.2, 0.25) is 0 Å². The number of aromatic nitrogens is 3. The fourth-order valence-electron chi connectivity index (χ4n) is 7.95. The van der Waals surface area contributed by atoms with Gasteiger partial charge in [0, 0.05) is 38.5 Å². The molecule has 2 heterocycles. The molecule has 0 aliphatic carbocycles. The number of para-hydroxylation sites is 1. The zero-order valence-electron chi connectivity index (χ0n) is 36.4. The third-order valence-electron chi connectivity index (χ3n) is 12.5. The Hall–Kier alpha value is -5.57. The topological polar surface area (TPSA) is 50.9 Å². The van der Waals surface area contributed by atoms with E-state index in [-0.39, 0.29) is 43.1 Å². The SMILES string of the molecule is Cc1cc(C)c(O)c(-c2nc3c(-c4[c-]c(-c5cc(-c6ccccc6)ccn5)cc(C(C)(C)C)c4)cccc3n2-c2ccc(C(C)(C)C(C)(C)C)cc2-c2ccccc2)c1.[Pt]. The Labute approximate surface area is 370 Å². The number of fused-ring (bicyclic) bond motifs is 1. The van der Waals surface area contributed by atoms with E-state index in [2.05, 4.69) is 194 Å². The second-order valence-electron chi connectivity index (χ2n) is 18.6. The van der Waals surface area contributed by atoms with E-state index in [1.807, 2.05) is 25.3 Å². The Morgan fingerprint density at radius 1 is 0.583 bits per heavy atom. The van der Waals surface area contributed by atoms with Crippen LogP contribution >= 0.6 is 0 Å². The monoisotopic (exact) mass is 967 g/mol. The number of benzene rings is 6. The molecule has 5 heteroatoms. The fourth-order valence-corrected chi connectivity index (χ4v) is 7.95. The van der Waals surface area contributed by atoms with E-state index >= 15 is 0 Å². The minimum atomic E-state index is -0.147. The first-order valence-electron chi connectivity index (χ1n) is 20.6. The largest absolute Gasteiger partial charge is 0.507 e. The molecule has 0 aliphatic rings. The summed E-state index contributed by atoms with van der Waals surface area (Å²) in [6.45, 7) is 22.4. The summed E-state index contributed by atoms with van der Waals surface area (Å²) in [6, 6.07) is 50.9. The van der Waals surface area contributed by atoms with Crippen molar-refractivity contribution < 1.29 is 26.2 Å². The zero-order chi connectivity index (χ0) is 41.9. The maximum absolute atomic E-state index is 11.8. The molecule has 0 radical (unpaired) electrons. The van der Waals surface area contributed by atoms with Crippen LogP contribution in [0.4, 0.5) is 0 Å².